The summed E-state index contributed by atoms with van der Waals surface area (Å²) in [5.41, 5.74) is 1.24. The zero-order valence-electron chi connectivity index (χ0n) is 19.2. The van der Waals surface area contributed by atoms with Gasteiger partial charge in [0.05, 0.1) is 6.61 Å². The molecule has 5 N–H and O–H groups in total. The van der Waals surface area contributed by atoms with Crippen molar-refractivity contribution in [2.75, 3.05) is 13.2 Å². The molecule has 7 nitrogen and oxygen atoms in total. The lowest BCUT2D eigenvalue weighted by molar-refractivity contribution is -0.156. The third-order valence-corrected chi connectivity index (χ3v) is 5.33. The molecule has 0 aromatic rings. The fraction of sp³-hybridized carbons (Fsp3) is 0.870. The molecule has 0 saturated carbocycles. The van der Waals surface area contributed by atoms with Crippen molar-refractivity contribution in [1.29, 1.82) is 0 Å². The fourth-order valence-electron chi connectivity index (χ4n) is 3.20. The average molecular weight is 433 g/mol. The first-order valence-corrected chi connectivity index (χ1v) is 11.2. The Labute approximate surface area is 181 Å². The fourth-order valence-corrected chi connectivity index (χ4v) is 3.20. The van der Waals surface area contributed by atoms with Gasteiger partial charge in [0.15, 0.2) is 0 Å². The smallest absolute Gasteiger partial charge is 0.306 e. The van der Waals surface area contributed by atoms with Crippen molar-refractivity contribution in [3.8, 4) is 0 Å². The molecule has 178 valence electrons. The highest BCUT2D eigenvalue weighted by Gasteiger charge is 2.30. The van der Waals surface area contributed by atoms with Crippen LogP contribution in [-0.2, 0) is 9.53 Å². The lowest BCUT2D eigenvalue weighted by Crippen LogP contribution is -2.47. The Morgan fingerprint density at radius 3 is 2.10 bits per heavy atom. The van der Waals surface area contributed by atoms with Crippen LogP contribution >= 0.6 is 0 Å². The molecule has 7 heteroatoms. The van der Waals surface area contributed by atoms with Crippen LogP contribution in [0.2, 0.25) is 0 Å². The standard InChI is InChI=1S/C23H44O7/c1-16(2)8-5-9-17(3)10-6-11-18(4)12-7-13-21(27)30-15-20(26)23(29)22(28)19(25)14-24/h12,16-17,19-20,22-26,28-29H,5-11,13-15H2,1-4H3/t17?,19-,20+,22-,23-/m0/s1. The van der Waals surface area contributed by atoms with E-state index in [4.69, 9.17) is 9.84 Å². The predicted molar refractivity (Wildman–Crippen MR) is 117 cm³/mol. The Morgan fingerprint density at radius 2 is 1.50 bits per heavy atom. The van der Waals surface area contributed by atoms with Crippen LogP contribution in [0.3, 0.4) is 0 Å². The lowest BCUT2D eigenvalue weighted by Gasteiger charge is -2.25. The topological polar surface area (TPSA) is 127 Å². The molecule has 0 spiro atoms. The minimum absolute atomic E-state index is 0.160. The van der Waals surface area contributed by atoms with Gasteiger partial charge in [0.1, 0.15) is 31.0 Å². The van der Waals surface area contributed by atoms with Gasteiger partial charge in [-0.2, -0.15) is 0 Å². The van der Waals surface area contributed by atoms with Gasteiger partial charge in [-0.05, 0) is 38.0 Å². The van der Waals surface area contributed by atoms with E-state index in [1.54, 1.807) is 0 Å². The molecular weight excluding hydrogens is 388 g/mol. The van der Waals surface area contributed by atoms with Crippen LogP contribution in [0.1, 0.15) is 79.1 Å². The van der Waals surface area contributed by atoms with E-state index in [-0.39, 0.29) is 6.42 Å². The molecule has 0 fully saturated rings. The van der Waals surface area contributed by atoms with Crippen molar-refractivity contribution in [1.82, 2.24) is 0 Å². The van der Waals surface area contributed by atoms with E-state index in [9.17, 15) is 25.2 Å². The van der Waals surface area contributed by atoms with Crippen LogP contribution in [0.4, 0.5) is 0 Å². The van der Waals surface area contributed by atoms with Gasteiger partial charge in [-0.1, -0.05) is 58.1 Å². The van der Waals surface area contributed by atoms with E-state index in [0.717, 1.165) is 24.7 Å². The second kappa shape index (κ2) is 16.7. The minimum atomic E-state index is -1.73. The quantitative estimate of drug-likeness (QED) is 0.176. The Kier molecular flexibility index (Phi) is 16.1. The normalized spacial score (nSPS) is 17.5. The van der Waals surface area contributed by atoms with Crippen molar-refractivity contribution in [3.05, 3.63) is 11.6 Å². The number of ether oxygens (including phenoxy) is 1. The molecule has 0 aromatic heterocycles. The highest BCUT2D eigenvalue weighted by Crippen LogP contribution is 2.19. The molecule has 0 aliphatic rings. The summed E-state index contributed by atoms with van der Waals surface area (Å²) in [6, 6.07) is 0. The summed E-state index contributed by atoms with van der Waals surface area (Å²) < 4.78 is 4.90. The summed E-state index contributed by atoms with van der Waals surface area (Å²) in [5, 5.41) is 46.9. The van der Waals surface area contributed by atoms with Crippen LogP contribution in [0.25, 0.3) is 0 Å². The molecule has 0 aromatic carbocycles. The molecule has 0 bridgehead atoms. The van der Waals surface area contributed by atoms with Crippen molar-refractivity contribution in [2.45, 2.75) is 103 Å². The van der Waals surface area contributed by atoms with Gasteiger partial charge in [-0.25, -0.2) is 0 Å². The van der Waals surface area contributed by atoms with Gasteiger partial charge in [0, 0.05) is 6.42 Å². The summed E-state index contributed by atoms with van der Waals surface area (Å²) in [6.07, 6.45) is 3.37. The molecule has 30 heavy (non-hydrogen) atoms. The largest absolute Gasteiger partial charge is 0.463 e. The van der Waals surface area contributed by atoms with Gasteiger partial charge < -0.3 is 30.3 Å². The molecule has 0 heterocycles. The molecule has 0 aliphatic carbocycles. The third-order valence-electron chi connectivity index (χ3n) is 5.33. The van der Waals surface area contributed by atoms with Crippen molar-refractivity contribution < 1.29 is 35.1 Å². The van der Waals surface area contributed by atoms with Gasteiger partial charge in [0.25, 0.3) is 0 Å². The summed E-state index contributed by atoms with van der Waals surface area (Å²) in [4.78, 5) is 11.8. The van der Waals surface area contributed by atoms with Crippen LogP contribution in [-0.4, -0.2) is 69.1 Å². The Bertz CT molecular complexity index is 478. The Balaban J connectivity index is 3.98. The number of hydrogen-bond acceptors (Lipinski definition) is 7. The van der Waals surface area contributed by atoms with Crippen molar-refractivity contribution in [3.63, 3.8) is 0 Å². The Morgan fingerprint density at radius 1 is 0.900 bits per heavy atom. The first-order chi connectivity index (χ1) is 14.1. The molecular formula is C23H44O7. The highest BCUT2D eigenvalue weighted by atomic mass is 16.5. The minimum Gasteiger partial charge on any atom is -0.463 e. The maximum atomic E-state index is 11.8. The summed E-state index contributed by atoms with van der Waals surface area (Å²) in [7, 11) is 0. The van der Waals surface area contributed by atoms with E-state index in [1.165, 1.54) is 31.3 Å². The molecule has 0 rings (SSSR count). The van der Waals surface area contributed by atoms with Gasteiger partial charge in [-0.15, -0.1) is 0 Å². The van der Waals surface area contributed by atoms with Crippen molar-refractivity contribution in [2.24, 2.45) is 11.8 Å². The molecule has 0 saturated heterocycles. The van der Waals surface area contributed by atoms with Crippen LogP contribution < -0.4 is 0 Å². The summed E-state index contributed by atoms with van der Waals surface area (Å²) >= 11 is 0. The number of aliphatic hydroxyl groups excluding tert-OH is 5. The molecule has 5 atom stereocenters. The third kappa shape index (κ3) is 14.1. The summed E-state index contributed by atoms with van der Waals surface area (Å²) in [5.74, 6) is 1.000. The summed E-state index contributed by atoms with van der Waals surface area (Å²) in [6.45, 7) is 7.64. The van der Waals surface area contributed by atoms with E-state index >= 15 is 0 Å². The molecule has 0 radical (unpaired) electrons. The number of carbonyl (C=O) groups excluding carboxylic acids is 1. The average Bonchev–Trinajstić information content (AvgIpc) is 2.69. The first-order valence-electron chi connectivity index (χ1n) is 11.2. The maximum Gasteiger partial charge on any atom is 0.306 e. The predicted octanol–water partition coefficient (Wildman–Crippen LogP) is 2.32. The monoisotopic (exact) mass is 432 g/mol. The van der Waals surface area contributed by atoms with Gasteiger partial charge in [0.2, 0.25) is 0 Å². The van der Waals surface area contributed by atoms with Gasteiger partial charge >= 0.3 is 5.97 Å². The number of allylic oxidation sites excluding steroid dienone is 2. The molecule has 0 amide bonds. The second-order valence-corrected chi connectivity index (χ2v) is 8.89. The van der Waals surface area contributed by atoms with Crippen LogP contribution in [0.5, 0.6) is 0 Å². The van der Waals surface area contributed by atoms with E-state index in [0.29, 0.717) is 6.42 Å². The molecule has 0 aliphatic heterocycles. The molecule has 1 unspecified atom stereocenters. The van der Waals surface area contributed by atoms with Gasteiger partial charge in [-0.3, -0.25) is 4.79 Å². The number of esters is 1. The Hall–Kier alpha value is -0.990. The van der Waals surface area contributed by atoms with Crippen molar-refractivity contribution >= 4 is 5.97 Å². The number of carbonyl (C=O) groups is 1. The van der Waals surface area contributed by atoms with E-state index in [2.05, 4.69) is 27.7 Å². The maximum absolute atomic E-state index is 11.8. The van der Waals surface area contributed by atoms with Crippen LogP contribution in [0.15, 0.2) is 11.6 Å². The number of rotatable bonds is 17. The van der Waals surface area contributed by atoms with Crippen LogP contribution in [0, 0.1) is 11.8 Å². The lowest BCUT2D eigenvalue weighted by atomic mass is 9.94. The zero-order valence-corrected chi connectivity index (χ0v) is 19.2. The first kappa shape index (κ1) is 29.0. The number of hydrogen-bond donors (Lipinski definition) is 5. The SMILES string of the molecule is CC(=CCCC(=O)OC[C@@H](O)[C@H](O)[C@@H](O)[C@@H](O)CO)CCCC(C)CCCC(C)C. The second-order valence-electron chi connectivity index (χ2n) is 8.89. The van der Waals surface area contributed by atoms with E-state index in [1.807, 2.05) is 6.08 Å². The number of aliphatic hydroxyl groups is 5. The zero-order chi connectivity index (χ0) is 23.1. The van der Waals surface area contributed by atoms with E-state index < -0.39 is 43.6 Å². The highest BCUT2D eigenvalue weighted by molar-refractivity contribution is 5.69.